The Morgan fingerprint density at radius 2 is 1.70 bits per heavy atom. The van der Waals surface area contributed by atoms with Crippen LogP contribution in [-0.2, 0) is 9.59 Å². The number of rotatable bonds is 2. The number of nitrogens with one attached hydrogen (secondary N) is 1. The van der Waals surface area contributed by atoms with Crippen LogP contribution in [0.5, 0.6) is 0 Å². The van der Waals surface area contributed by atoms with Crippen molar-refractivity contribution in [3.8, 4) is 0 Å². The quantitative estimate of drug-likeness (QED) is 0.844. The van der Waals surface area contributed by atoms with Crippen molar-refractivity contribution < 1.29 is 9.59 Å². The topological polar surface area (TPSA) is 49.4 Å². The summed E-state index contributed by atoms with van der Waals surface area (Å²) in [6.45, 7) is 10.9. The minimum Gasteiger partial charge on any atom is -0.340 e. The molecule has 1 aliphatic carbocycles. The molecule has 2 fully saturated rings. The van der Waals surface area contributed by atoms with E-state index >= 15 is 0 Å². The molecule has 2 rings (SSSR count). The SMILES string of the molecule is CC(C)(C)CCN1C(=O)C2(CCCC2)NC(=O)C1(C)C. The highest BCUT2D eigenvalue weighted by Crippen LogP contribution is 2.38. The van der Waals surface area contributed by atoms with Gasteiger partial charge in [0.2, 0.25) is 11.8 Å². The molecule has 0 aromatic heterocycles. The van der Waals surface area contributed by atoms with E-state index in [1.165, 1.54) is 0 Å². The van der Waals surface area contributed by atoms with E-state index in [0.717, 1.165) is 32.1 Å². The summed E-state index contributed by atoms with van der Waals surface area (Å²) in [5, 5.41) is 3.03. The van der Waals surface area contributed by atoms with E-state index < -0.39 is 11.1 Å². The highest BCUT2D eigenvalue weighted by atomic mass is 16.2. The summed E-state index contributed by atoms with van der Waals surface area (Å²) in [4.78, 5) is 27.2. The minimum atomic E-state index is -0.740. The van der Waals surface area contributed by atoms with E-state index in [4.69, 9.17) is 0 Å². The molecule has 1 saturated carbocycles. The van der Waals surface area contributed by atoms with E-state index in [9.17, 15) is 9.59 Å². The largest absolute Gasteiger partial charge is 0.340 e. The van der Waals surface area contributed by atoms with Gasteiger partial charge in [-0.25, -0.2) is 0 Å². The fourth-order valence-electron chi connectivity index (χ4n) is 3.20. The van der Waals surface area contributed by atoms with Gasteiger partial charge < -0.3 is 10.2 Å². The van der Waals surface area contributed by atoms with E-state index in [1.807, 2.05) is 18.7 Å². The Morgan fingerprint density at radius 3 is 2.20 bits per heavy atom. The molecule has 0 aromatic rings. The first-order valence-corrected chi connectivity index (χ1v) is 7.73. The van der Waals surface area contributed by atoms with Crippen molar-refractivity contribution in [3.63, 3.8) is 0 Å². The molecule has 4 nitrogen and oxygen atoms in total. The number of carbonyl (C=O) groups excluding carboxylic acids is 2. The first kappa shape index (κ1) is 15.3. The Bertz CT molecular complexity index is 415. The van der Waals surface area contributed by atoms with Crippen LogP contribution >= 0.6 is 0 Å². The molecule has 0 unspecified atom stereocenters. The molecule has 0 aromatic carbocycles. The molecule has 1 N–H and O–H groups in total. The van der Waals surface area contributed by atoms with Gasteiger partial charge in [0.05, 0.1) is 0 Å². The number of hydrogen-bond donors (Lipinski definition) is 1. The van der Waals surface area contributed by atoms with Gasteiger partial charge in [-0.15, -0.1) is 0 Å². The van der Waals surface area contributed by atoms with Gasteiger partial charge in [-0.2, -0.15) is 0 Å². The van der Waals surface area contributed by atoms with Crippen LogP contribution in [0, 0.1) is 5.41 Å². The van der Waals surface area contributed by atoms with Crippen molar-refractivity contribution in [2.45, 2.75) is 77.8 Å². The van der Waals surface area contributed by atoms with Crippen molar-refractivity contribution in [2.24, 2.45) is 5.41 Å². The molecule has 1 spiro atoms. The highest BCUT2D eigenvalue weighted by Gasteiger charge is 2.55. The molecule has 2 amide bonds. The van der Waals surface area contributed by atoms with Crippen molar-refractivity contribution in [1.82, 2.24) is 10.2 Å². The minimum absolute atomic E-state index is 0.00657. The molecule has 0 bridgehead atoms. The fourth-order valence-corrected chi connectivity index (χ4v) is 3.20. The van der Waals surface area contributed by atoms with Crippen molar-refractivity contribution in [3.05, 3.63) is 0 Å². The van der Waals surface area contributed by atoms with Crippen molar-refractivity contribution in [1.29, 1.82) is 0 Å². The van der Waals surface area contributed by atoms with Crippen LogP contribution < -0.4 is 5.32 Å². The lowest BCUT2D eigenvalue weighted by Gasteiger charge is -2.49. The molecule has 2 aliphatic rings. The molecule has 0 radical (unpaired) electrons. The zero-order chi connectivity index (χ0) is 15.2. The smallest absolute Gasteiger partial charge is 0.249 e. The number of piperazine rings is 1. The van der Waals surface area contributed by atoms with Crippen LogP contribution in [0.1, 0.15) is 66.7 Å². The lowest BCUT2D eigenvalue weighted by molar-refractivity contribution is -0.161. The van der Waals surface area contributed by atoms with Crippen LogP contribution in [0.25, 0.3) is 0 Å². The second-order valence-electron chi connectivity index (χ2n) is 8.07. The normalized spacial score (nSPS) is 25.1. The zero-order valence-electron chi connectivity index (χ0n) is 13.5. The van der Waals surface area contributed by atoms with Crippen LogP contribution in [-0.4, -0.2) is 34.3 Å². The second kappa shape index (κ2) is 4.74. The summed E-state index contributed by atoms with van der Waals surface area (Å²) in [7, 11) is 0. The first-order chi connectivity index (χ1) is 9.08. The predicted octanol–water partition coefficient (Wildman–Crippen LogP) is 2.47. The molecular weight excluding hydrogens is 252 g/mol. The highest BCUT2D eigenvalue weighted by molar-refractivity contribution is 6.02. The number of amides is 2. The van der Waals surface area contributed by atoms with E-state index in [-0.39, 0.29) is 17.2 Å². The van der Waals surface area contributed by atoms with E-state index in [2.05, 4.69) is 26.1 Å². The number of hydrogen-bond acceptors (Lipinski definition) is 2. The summed E-state index contributed by atoms with van der Waals surface area (Å²) in [5.74, 6) is 0.122. The lowest BCUT2D eigenvalue weighted by Crippen LogP contribution is -2.73. The van der Waals surface area contributed by atoms with Gasteiger partial charge in [-0.3, -0.25) is 9.59 Å². The van der Waals surface area contributed by atoms with Crippen LogP contribution in [0.15, 0.2) is 0 Å². The van der Waals surface area contributed by atoms with Crippen molar-refractivity contribution in [2.75, 3.05) is 6.54 Å². The summed E-state index contributed by atoms with van der Waals surface area (Å²) in [5.41, 5.74) is -1.19. The molecule has 20 heavy (non-hydrogen) atoms. The lowest BCUT2D eigenvalue weighted by atomic mass is 9.84. The Balaban J connectivity index is 2.24. The van der Waals surface area contributed by atoms with Gasteiger partial charge in [-0.05, 0) is 38.5 Å². The molecule has 1 aliphatic heterocycles. The third-order valence-electron chi connectivity index (χ3n) is 4.78. The molecule has 0 atom stereocenters. The third kappa shape index (κ3) is 2.57. The fraction of sp³-hybridized carbons (Fsp3) is 0.875. The van der Waals surface area contributed by atoms with Gasteiger partial charge in [0.15, 0.2) is 0 Å². The van der Waals surface area contributed by atoms with E-state index in [0.29, 0.717) is 6.54 Å². The zero-order valence-corrected chi connectivity index (χ0v) is 13.5. The summed E-state index contributed by atoms with van der Waals surface area (Å²) >= 11 is 0. The number of nitrogens with zero attached hydrogens (tertiary/aromatic N) is 1. The number of carbonyl (C=O) groups is 2. The average Bonchev–Trinajstić information content (AvgIpc) is 2.75. The van der Waals surface area contributed by atoms with Crippen molar-refractivity contribution >= 4 is 11.8 Å². The third-order valence-corrected chi connectivity index (χ3v) is 4.78. The Kier molecular flexibility index (Phi) is 3.64. The predicted molar refractivity (Wildman–Crippen MR) is 79.2 cm³/mol. The van der Waals surface area contributed by atoms with Crippen LogP contribution in [0.4, 0.5) is 0 Å². The first-order valence-electron chi connectivity index (χ1n) is 7.73. The van der Waals surface area contributed by atoms with Crippen LogP contribution in [0.3, 0.4) is 0 Å². The van der Waals surface area contributed by atoms with E-state index in [1.54, 1.807) is 0 Å². The molecular formula is C16H28N2O2. The maximum atomic E-state index is 12.9. The molecule has 4 heteroatoms. The Hall–Kier alpha value is -1.06. The standard InChI is InChI=1S/C16H28N2O2/c1-14(2,3)10-11-18-13(20)16(8-6-7-9-16)17-12(19)15(18,4)5/h6-11H2,1-5H3,(H,17,19). The van der Waals surface area contributed by atoms with Gasteiger partial charge in [0, 0.05) is 6.54 Å². The van der Waals surface area contributed by atoms with Gasteiger partial charge >= 0.3 is 0 Å². The summed E-state index contributed by atoms with van der Waals surface area (Å²) in [6.07, 6.45) is 4.55. The average molecular weight is 280 g/mol. The van der Waals surface area contributed by atoms with Gasteiger partial charge in [0.1, 0.15) is 11.1 Å². The van der Waals surface area contributed by atoms with Crippen LogP contribution in [0.2, 0.25) is 0 Å². The molecule has 114 valence electrons. The maximum Gasteiger partial charge on any atom is 0.249 e. The maximum absolute atomic E-state index is 12.9. The Labute approximate surface area is 122 Å². The Morgan fingerprint density at radius 1 is 1.15 bits per heavy atom. The molecule has 1 saturated heterocycles. The van der Waals surface area contributed by atoms with Gasteiger partial charge in [0.25, 0.3) is 0 Å². The summed E-state index contributed by atoms with van der Waals surface area (Å²) < 4.78 is 0. The monoisotopic (exact) mass is 280 g/mol. The summed E-state index contributed by atoms with van der Waals surface area (Å²) in [6, 6.07) is 0. The molecule has 1 heterocycles. The second-order valence-corrected chi connectivity index (χ2v) is 8.07. The van der Waals surface area contributed by atoms with Gasteiger partial charge in [-0.1, -0.05) is 33.6 Å².